The third-order valence-electron chi connectivity index (χ3n) is 16.6. The van der Waals surface area contributed by atoms with Gasteiger partial charge in [-0.1, -0.05) is 72.8 Å². The van der Waals surface area contributed by atoms with Crippen molar-refractivity contribution in [3.8, 4) is 0 Å². The van der Waals surface area contributed by atoms with Gasteiger partial charge in [0.15, 0.2) is 54.9 Å². The maximum absolute atomic E-state index is 13.5. The number of esters is 12. The van der Waals surface area contributed by atoms with Gasteiger partial charge in [0.25, 0.3) is 0 Å². The molecule has 6 N–H and O–H groups in total. The van der Waals surface area contributed by atoms with Crippen molar-refractivity contribution in [2.75, 3.05) is 19.8 Å². The largest absolute Gasteiger partial charge is 0.481 e. The fourth-order valence-corrected chi connectivity index (χ4v) is 11.0. The van der Waals surface area contributed by atoms with Crippen LogP contribution in [0.5, 0.6) is 0 Å². The Bertz CT molecular complexity index is 4140. The minimum Gasteiger partial charge on any atom is -0.481 e. The van der Waals surface area contributed by atoms with Gasteiger partial charge < -0.3 is 102 Å². The molecule has 0 aliphatic carbocycles. The van der Waals surface area contributed by atoms with E-state index in [1.165, 1.54) is 69.3 Å². The highest BCUT2D eigenvalue weighted by atomic mass is 16.7. The summed E-state index contributed by atoms with van der Waals surface area (Å²) in [5, 5.41) is 62.7. The number of carbonyl (C=O) groups excluding carboxylic acids is 12. The first-order valence-electron chi connectivity index (χ1n) is 36.0. The number of carbonyl (C=O) groups is 15. The van der Waals surface area contributed by atoms with Gasteiger partial charge in [-0.25, -0.2) is 19.2 Å². The van der Waals surface area contributed by atoms with E-state index in [1.54, 1.807) is 135 Å². The molecule has 0 bridgehead atoms. The molecule has 3 aliphatic heterocycles. The molecule has 3 unspecified atom stereocenters. The Labute approximate surface area is 666 Å². The first kappa shape index (κ1) is 95.3. The molecule has 3 saturated heterocycles. The molecule has 634 valence electrons. The maximum atomic E-state index is 13.5. The second-order valence-corrected chi connectivity index (χ2v) is 31.0. The maximum Gasteiger partial charge on any atom is 0.338 e. The second kappa shape index (κ2) is 40.3. The van der Waals surface area contributed by atoms with E-state index in [1.807, 2.05) is 0 Å². The van der Waals surface area contributed by atoms with Crippen molar-refractivity contribution in [3.63, 3.8) is 0 Å². The molecular formula is C80H98O36. The van der Waals surface area contributed by atoms with E-state index in [9.17, 15) is 97.5 Å². The Balaban J connectivity index is 0.000000322. The van der Waals surface area contributed by atoms with Crippen LogP contribution in [-0.4, -0.2) is 231 Å². The lowest BCUT2D eigenvalue weighted by molar-refractivity contribution is -0.354. The minimum atomic E-state index is -2.88. The highest BCUT2D eigenvalue weighted by Crippen LogP contribution is 2.42. The van der Waals surface area contributed by atoms with Crippen LogP contribution in [0.1, 0.15) is 171 Å². The first-order chi connectivity index (χ1) is 53.7. The van der Waals surface area contributed by atoms with Crippen LogP contribution in [0.4, 0.5) is 0 Å². The lowest BCUT2D eigenvalue weighted by atomic mass is 9.88. The summed E-state index contributed by atoms with van der Waals surface area (Å²) in [4.78, 5) is 186. The zero-order valence-corrected chi connectivity index (χ0v) is 66.6. The number of ether oxygens (including phenoxy) is 15. The average Bonchev–Trinajstić information content (AvgIpc) is 0.760. The summed E-state index contributed by atoms with van der Waals surface area (Å²) in [6, 6.07) is 30.8. The van der Waals surface area contributed by atoms with Crippen LogP contribution in [0.3, 0.4) is 0 Å². The zero-order valence-electron chi connectivity index (χ0n) is 66.6. The van der Waals surface area contributed by atoms with E-state index in [0.717, 1.165) is 27.7 Å². The standard InChI is InChI=1S/C36H30O12.C28H46O12.C16H22O12/c37-28(38)21-36(43)31(47-35(42)26-19-11-4-12-20-26)30(46-34(41)25-17-9-3-10-18-25)29(45-33(40)24-15-7-2-8-16-24)27(48-36)22-44-32(39)23-13-5-1-6-14-23;1-24(2,3)20(31)36-14-15-17(37-21(32)25(4,5)6)18(38-22(33)26(7,8)9)19(39-23(34)27(10,11)12)28(35,40-15)13-16(29)30;1-7(17)24-6-11-13(25-8(2)18)14(26-9(3)19)15(27-10(4)20)16(23,28-11)5-12(21)22/h1-20,27,29-31,43H,21-22H2,(H,37,38);15,17-19,35H,13-14H2,1-12H3,(H,29,30);11,13-15,23H,5-6H2,1-4H3,(H,21,22)/t27-,29-,30+,31+,36?;15-,17-,18+,19+,28?;11-,13-,14+,15+,16?/m111/s1. The fourth-order valence-electron chi connectivity index (χ4n) is 11.0. The lowest BCUT2D eigenvalue weighted by Crippen LogP contribution is -2.69. The van der Waals surface area contributed by atoms with Crippen LogP contribution in [-0.2, 0) is 124 Å². The molecule has 0 spiro atoms. The van der Waals surface area contributed by atoms with Gasteiger partial charge in [-0.3, -0.25) is 52.7 Å². The molecule has 36 heteroatoms. The van der Waals surface area contributed by atoms with E-state index in [-0.39, 0.29) is 22.3 Å². The van der Waals surface area contributed by atoms with Gasteiger partial charge in [-0.2, -0.15) is 0 Å². The Morgan fingerprint density at radius 2 is 0.543 bits per heavy atom. The topological polar surface area (TPSA) is 516 Å². The molecule has 7 rings (SSSR count). The SMILES string of the molecule is CC(=O)OC[C@H]1OC(O)(CC(=O)O)[C@@H](OC(C)=O)[C@@H](OC(C)=O)[C@@H]1OC(C)=O.CC(C)(C)C(=O)OC[C@H]1OC(O)(CC(=O)O)[C@@H](OC(=O)C(C)(C)C)[C@@H](OC(=O)C(C)(C)C)[C@@H]1OC(=O)C(C)(C)C.O=C(O)CC1(O)O[C@H](COC(=O)c2ccccc2)[C@@H](OC(=O)c2ccccc2)[C@H](OC(=O)c2ccccc2)[C@@H]1OC(=O)c1ccccc1. The van der Waals surface area contributed by atoms with Crippen LogP contribution in [0.2, 0.25) is 0 Å². The zero-order chi connectivity index (χ0) is 87.4. The van der Waals surface area contributed by atoms with Crippen LogP contribution in [0.15, 0.2) is 121 Å². The molecule has 0 aromatic heterocycles. The number of hydrogen-bond acceptors (Lipinski definition) is 33. The highest BCUT2D eigenvalue weighted by Gasteiger charge is 2.64. The summed E-state index contributed by atoms with van der Waals surface area (Å²) < 4.78 is 81.9. The number of rotatable bonds is 25. The summed E-state index contributed by atoms with van der Waals surface area (Å²) in [6.45, 7) is 20.9. The smallest absolute Gasteiger partial charge is 0.338 e. The van der Waals surface area contributed by atoms with Crippen molar-refractivity contribution in [1.29, 1.82) is 0 Å². The second-order valence-electron chi connectivity index (χ2n) is 31.0. The minimum absolute atomic E-state index is 0.0139. The summed E-state index contributed by atoms with van der Waals surface area (Å²) in [5.41, 5.74) is -3.93. The molecule has 3 heterocycles. The fraction of sp³-hybridized carbons (Fsp3) is 0.512. The van der Waals surface area contributed by atoms with Gasteiger partial charge >= 0.3 is 89.5 Å². The highest BCUT2D eigenvalue weighted by molar-refractivity contribution is 5.92. The Kier molecular flexibility index (Phi) is 33.1. The third kappa shape index (κ3) is 27.7. The molecule has 36 nitrogen and oxygen atoms in total. The molecule has 15 atom stereocenters. The number of carboxylic acid groups (broad SMARTS) is 3. The van der Waals surface area contributed by atoms with Crippen molar-refractivity contribution >= 4 is 89.5 Å². The average molecular weight is 1640 g/mol. The number of aliphatic hydroxyl groups is 3. The van der Waals surface area contributed by atoms with Crippen LogP contribution in [0.25, 0.3) is 0 Å². The lowest BCUT2D eigenvalue weighted by Gasteiger charge is -2.49. The van der Waals surface area contributed by atoms with Crippen molar-refractivity contribution in [2.45, 2.75) is 221 Å². The number of hydrogen-bond donors (Lipinski definition) is 6. The van der Waals surface area contributed by atoms with Crippen molar-refractivity contribution in [1.82, 2.24) is 0 Å². The van der Waals surface area contributed by atoms with Crippen LogP contribution >= 0.6 is 0 Å². The molecule has 116 heavy (non-hydrogen) atoms. The summed E-state index contributed by atoms with van der Waals surface area (Å²) in [7, 11) is 0. The van der Waals surface area contributed by atoms with Crippen molar-refractivity contribution < 1.29 is 174 Å². The Hall–Kier alpha value is -11.3. The number of benzene rings is 4. The van der Waals surface area contributed by atoms with Gasteiger partial charge in [0, 0.05) is 27.7 Å². The van der Waals surface area contributed by atoms with Crippen molar-refractivity contribution in [2.24, 2.45) is 21.7 Å². The van der Waals surface area contributed by atoms with E-state index in [0.29, 0.717) is 0 Å². The molecular weight excluding hydrogens is 1540 g/mol. The molecule has 0 amide bonds. The van der Waals surface area contributed by atoms with E-state index in [2.05, 4.69) is 0 Å². The van der Waals surface area contributed by atoms with Gasteiger partial charge in [0.2, 0.25) is 17.4 Å². The molecule has 3 fully saturated rings. The van der Waals surface area contributed by atoms with Gasteiger partial charge in [-0.15, -0.1) is 0 Å². The summed E-state index contributed by atoms with van der Waals surface area (Å²) in [5.74, 6) is -23.3. The van der Waals surface area contributed by atoms with E-state index in [4.69, 9.17) is 76.2 Å². The van der Waals surface area contributed by atoms with E-state index < -0.39 is 241 Å². The molecule has 0 radical (unpaired) electrons. The molecule has 0 saturated carbocycles. The molecule has 4 aromatic rings. The molecule has 4 aromatic carbocycles. The Morgan fingerprint density at radius 3 is 0.879 bits per heavy atom. The number of carboxylic acids is 3. The Morgan fingerprint density at radius 1 is 0.293 bits per heavy atom. The molecule has 3 aliphatic rings. The quantitative estimate of drug-likeness (QED) is 0.0327. The number of aliphatic carboxylic acids is 3. The van der Waals surface area contributed by atoms with Gasteiger partial charge in [-0.05, 0) is 132 Å². The van der Waals surface area contributed by atoms with Crippen molar-refractivity contribution in [3.05, 3.63) is 144 Å². The summed E-state index contributed by atoms with van der Waals surface area (Å²) >= 11 is 0. The van der Waals surface area contributed by atoms with Gasteiger partial charge in [0.05, 0.1) is 43.9 Å². The first-order valence-corrected chi connectivity index (χ1v) is 36.0. The third-order valence-corrected chi connectivity index (χ3v) is 16.6. The van der Waals surface area contributed by atoms with Crippen LogP contribution < -0.4 is 0 Å². The predicted octanol–water partition coefficient (Wildman–Crippen LogP) is 6.00. The normalized spacial score (nSPS) is 25.0. The van der Waals surface area contributed by atoms with Gasteiger partial charge in [0.1, 0.15) is 57.4 Å². The van der Waals surface area contributed by atoms with E-state index >= 15 is 0 Å². The predicted molar refractivity (Wildman–Crippen MR) is 392 cm³/mol. The van der Waals surface area contributed by atoms with Crippen LogP contribution in [0, 0.1) is 21.7 Å². The monoisotopic (exact) mass is 1630 g/mol. The summed E-state index contributed by atoms with van der Waals surface area (Å²) in [6.07, 6.45) is -23.8.